The molecule has 1 aromatic carbocycles. The molecule has 0 spiro atoms. The average Bonchev–Trinajstić information content (AvgIpc) is 2.39. The van der Waals surface area contributed by atoms with Crippen LogP contribution in [0.25, 0.3) is 0 Å². The van der Waals surface area contributed by atoms with E-state index in [4.69, 9.17) is 37.8 Å². The summed E-state index contributed by atoms with van der Waals surface area (Å²) in [5, 5.41) is 12.3. The lowest BCUT2D eigenvalue weighted by Crippen LogP contribution is -2.42. The molecule has 1 aromatic rings. The van der Waals surface area contributed by atoms with E-state index in [-0.39, 0.29) is 25.7 Å². The van der Waals surface area contributed by atoms with E-state index in [0.29, 0.717) is 15.8 Å². The van der Waals surface area contributed by atoms with Gasteiger partial charge < -0.3 is 19.9 Å². The van der Waals surface area contributed by atoms with E-state index < -0.39 is 6.04 Å². The SMILES string of the molecule is COCC(CO)NC(=O)COc1ccc(Cl)c(Cl)c1. The van der Waals surface area contributed by atoms with Crippen LogP contribution in [0.3, 0.4) is 0 Å². The molecule has 19 heavy (non-hydrogen) atoms. The van der Waals surface area contributed by atoms with Crippen LogP contribution in [-0.4, -0.2) is 44.0 Å². The highest BCUT2D eigenvalue weighted by molar-refractivity contribution is 6.42. The molecule has 106 valence electrons. The highest BCUT2D eigenvalue weighted by atomic mass is 35.5. The smallest absolute Gasteiger partial charge is 0.258 e. The molecule has 0 heterocycles. The fourth-order valence-corrected chi connectivity index (χ4v) is 1.61. The van der Waals surface area contributed by atoms with Crippen molar-refractivity contribution in [3.8, 4) is 5.75 Å². The predicted octanol–water partition coefficient (Wildman–Crippen LogP) is 1.50. The van der Waals surface area contributed by atoms with Gasteiger partial charge in [0.2, 0.25) is 0 Å². The van der Waals surface area contributed by atoms with E-state index in [2.05, 4.69) is 5.32 Å². The Kier molecular flexibility index (Phi) is 6.94. The molecule has 1 amide bonds. The lowest BCUT2D eigenvalue weighted by Gasteiger charge is -2.15. The fourth-order valence-electron chi connectivity index (χ4n) is 1.33. The normalized spacial score (nSPS) is 12.0. The monoisotopic (exact) mass is 307 g/mol. The molecular weight excluding hydrogens is 293 g/mol. The number of hydrogen-bond acceptors (Lipinski definition) is 4. The first-order valence-electron chi connectivity index (χ1n) is 5.53. The number of aliphatic hydroxyl groups excluding tert-OH is 1. The minimum atomic E-state index is -0.449. The van der Waals surface area contributed by atoms with E-state index >= 15 is 0 Å². The maximum Gasteiger partial charge on any atom is 0.258 e. The van der Waals surface area contributed by atoms with Crippen molar-refractivity contribution in [1.29, 1.82) is 0 Å². The summed E-state index contributed by atoms with van der Waals surface area (Å²) in [6.07, 6.45) is 0. The van der Waals surface area contributed by atoms with Crippen molar-refractivity contribution in [3.63, 3.8) is 0 Å². The molecule has 0 bridgehead atoms. The van der Waals surface area contributed by atoms with Crippen molar-refractivity contribution in [1.82, 2.24) is 5.32 Å². The third-order valence-corrected chi connectivity index (χ3v) is 2.95. The van der Waals surface area contributed by atoms with Crippen molar-refractivity contribution < 1.29 is 19.4 Å². The molecule has 5 nitrogen and oxygen atoms in total. The number of amides is 1. The van der Waals surface area contributed by atoms with E-state index in [0.717, 1.165) is 0 Å². The molecule has 0 saturated heterocycles. The van der Waals surface area contributed by atoms with Crippen LogP contribution in [0.5, 0.6) is 5.75 Å². The zero-order chi connectivity index (χ0) is 14.3. The van der Waals surface area contributed by atoms with Crippen molar-refractivity contribution in [2.45, 2.75) is 6.04 Å². The number of carbonyl (C=O) groups excluding carboxylic acids is 1. The molecule has 7 heteroatoms. The quantitative estimate of drug-likeness (QED) is 0.801. The topological polar surface area (TPSA) is 67.8 Å². The standard InChI is InChI=1S/C12H15Cl2NO4/c1-18-6-8(5-16)15-12(17)7-19-9-2-3-10(13)11(14)4-9/h2-4,8,16H,5-7H2,1H3,(H,15,17). The Labute approximate surface area is 121 Å². The van der Waals surface area contributed by atoms with Crippen molar-refractivity contribution in [3.05, 3.63) is 28.2 Å². The summed E-state index contributed by atoms with van der Waals surface area (Å²) in [5.74, 6) is 0.0824. The Morgan fingerprint density at radius 2 is 2.16 bits per heavy atom. The Morgan fingerprint density at radius 1 is 1.42 bits per heavy atom. The van der Waals surface area contributed by atoms with Gasteiger partial charge in [-0.15, -0.1) is 0 Å². The van der Waals surface area contributed by atoms with Crippen LogP contribution < -0.4 is 10.1 Å². The molecule has 1 rings (SSSR count). The van der Waals surface area contributed by atoms with Crippen LogP contribution in [0.15, 0.2) is 18.2 Å². The van der Waals surface area contributed by atoms with Gasteiger partial charge in [0, 0.05) is 13.2 Å². The minimum absolute atomic E-state index is 0.182. The second kappa shape index (κ2) is 8.22. The Bertz CT molecular complexity index is 428. The number of aliphatic hydroxyl groups is 1. The van der Waals surface area contributed by atoms with E-state index in [9.17, 15) is 4.79 Å². The van der Waals surface area contributed by atoms with Gasteiger partial charge in [0.25, 0.3) is 5.91 Å². The molecule has 1 unspecified atom stereocenters. The Morgan fingerprint density at radius 3 is 2.74 bits per heavy atom. The molecule has 0 radical (unpaired) electrons. The van der Waals surface area contributed by atoms with Gasteiger partial charge in [-0.2, -0.15) is 0 Å². The van der Waals surface area contributed by atoms with Crippen LogP contribution in [-0.2, 0) is 9.53 Å². The number of ether oxygens (including phenoxy) is 2. The van der Waals surface area contributed by atoms with Gasteiger partial charge in [-0.1, -0.05) is 23.2 Å². The number of carbonyl (C=O) groups is 1. The number of rotatable bonds is 7. The maximum absolute atomic E-state index is 11.6. The highest BCUT2D eigenvalue weighted by Crippen LogP contribution is 2.26. The van der Waals surface area contributed by atoms with Gasteiger partial charge in [0.05, 0.1) is 29.3 Å². The first-order valence-corrected chi connectivity index (χ1v) is 6.29. The minimum Gasteiger partial charge on any atom is -0.484 e. The third kappa shape index (κ3) is 5.65. The van der Waals surface area contributed by atoms with Gasteiger partial charge in [0.15, 0.2) is 6.61 Å². The van der Waals surface area contributed by atoms with E-state index in [1.54, 1.807) is 12.1 Å². The van der Waals surface area contributed by atoms with Crippen LogP contribution >= 0.6 is 23.2 Å². The molecule has 2 N–H and O–H groups in total. The Hall–Kier alpha value is -1.01. The second-order valence-corrected chi connectivity index (χ2v) is 4.58. The van der Waals surface area contributed by atoms with Gasteiger partial charge in [0.1, 0.15) is 5.75 Å². The van der Waals surface area contributed by atoms with Crippen molar-refractivity contribution >= 4 is 29.1 Å². The molecule has 1 atom stereocenters. The number of hydrogen-bond donors (Lipinski definition) is 2. The largest absolute Gasteiger partial charge is 0.484 e. The lowest BCUT2D eigenvalue weighted by molar-refractivity contribution is -0.124. The summed E-state index contributed by atoms with van der Waals surface area (Å²) in [6, 6.07) is 4.27. The molecule has 0 aliphatic rings. The summed E-state index contributed by atoms with van der Waals surface area (Å²) in [5.41, 5.74) is 0. The number of nitrogens with one attached hydrogen (secondary N) is 1. The van der Waals surface area contributed by atoms with Gasteiger partial charge in [-0.05, 0) is 12.1 Å². The third-order valence-electron chi connectivity index (χ3n) is 2.21. The van der Waals surface area contributed by atoms with Crippen LogP contribution in [0, 0.1) is 0 Å². The summed E-state index contributed by atoms with van der Waals surface area (Å²) in [6.45, 7) is -0.153. The van der Waals surface area contributed by atoms with Crippen molar-refractivity contribution in [2.75, 3.05) is 26.9 Å². The number of methoxy groups -OCH3 is 1. The zero-order valence-electron chi connectivity index (χ0n) is 10.4. The second-order valence-electron chi connectivity index (χ2n) is 3.77. The molecular formula is C12H15Cl2NO4. The van der Waals surface area contributed by atoms with Gasteiger partial charge >= 0.3 is 0 Å². The highest BCUT2D eigenvalue weighted by Gasteiger charge is 2.11. The number of halogens is 2. The van der Waals surface area contributed by atoms with E-state index in [1.807, 2.05) is 0 Å². The summed E-state index contributed by atoms with van der Waals surface area (Å²) >= 11 is 11.6. The Balaban J connectivity index is 2.43. The zero-order valence-corrected chi connectivity index (χ0v) is 11.9. The van der Waals surface area contributed by atoms with Gasteiger partial charge in [-0.25, -0.2) is 0 Å². The molecule has 0 fully saturated rings. The molecule has 0 saturated carbocycles. The van der Waals surface area contributed by atoms with Crippen LogP contribution in [0.2, 0.25) is 10.0 Å². The van der Waals surface area contributed by atoms with Gasteiger partial charge in [-0.3, -0.25) is 4.79 Å². The predicted molar refractivity (Wildman–Crippen MR) is 72.8 cm³/mol. The summed E-state index contributed by atoms with van der Waals surface area (Å²) in [7, 11) is 1.49. The summed E-state index contributed by atoms with van der Waals surface area (Å²) < 4.78 is 10.1. The lowest BCUT2D eigenvalue weighted by atomic mass is 10.3. The van der Waals surface area contributed by atoms with Crippen LogP contribution in [0.4, 0.5) is 0 Å². The van der Waals surface area contributed by atoms with Crippen LogP contribution in [0.1, 0.15) is 0 Å². The average molecular weight is 308 g/mol. The first kappa shape index (κ1) is 16.0. The maximum atomic E-state index is 11.6. The van der Waals surface area contributed by atoms with E-state index in [1.165, 1.54) is 13.2 Å². The molecule has 0 aliphatic heterocycles. The first-order chi connectivity index (χ1) is 9.06. The summed E-state index contributed by atoms with van der Waals surface area (Å²) in [4.78, 5) is 11.6. The van der Waals surface area contributed by atoms with Crippen molar-refractivity contribution in [2.24, 2.45) is 0 Å². The molecule has 0 aromatic heterocycles. The molecule has 0 aliphatic carbocycles. The number of benzene rings is 1. The fraction of sp³-hybridized carbons (Fsp3) is 0.417.